The van der Waals surface area contributed by atoms with Gasteiger partial charge in [0.15, 0.2) is 6.61 Å². The second-order valence-corrected chi connectivity index (χ2v) is 5.38. The number of hydrogen-bond acceptors (Lipinski definition) is 3. The number of carbonyl (C=O) groups is 2. The number of anilines is 1. The molecule has 7 heteroatoms. The first kappa shape index (κ1) is 17.2. The van der Waals surface area contributed by atoms with Crippen molar-refractivity contribution in [2.75, 3.05) is 11.9 Å². The fraction of sp³-hybridized carbons (Fsp3) is 0.125. The standard InChI is InChI=1S/C16H12Cl2FNO3/c17-11-4-3-5-12(18)10(11)8-16(22)23-9-15(21)20-14-7-2-1-6-13(14)19/h1-7H,8-9H2,(H,20,21). The van der Waals surface area contributed by atoms with E-state index in [9.17, 15) is 14.0 Å². The Bertz CT molecular complexity index is 717. The highest BCUT2D eigenvalue weighted by molar-refractivity contribution is 6.36. The van der Waals surface area contributed by atoms with E-state index < -0.39 is 24.3 Å². The van der Waals surface area contributed by atoms with Crippen molar-refractivity contribution in [2.24, 2.45) is 0 Å². The third-order valence-corrected chi connectivity index (χ3v) is 3.60. The van der Waals surface area contributed by atoms with Crippen LogP contribution in [0, 0.1) is 5.82 Å². The lowest BCUT2D eigenvalue weighted by Gasteiger charge is -2.09. The molecular formula is C16H12Cl2FNO3. The summed E-state index contributed by atoms with van der Waals surface area (Å²) < 4.78 is 18.2. The van der Waals surface area contributed by atoms with Gasteiger partial charge in [0, 0.05) is 15.6 Å². The first-order valence-corrected chi connectivity index (χ1v) is 7.36. The molecule has 120 valence electrons. The second-order valence-electron chi connectivity index (χ2n) is 4.57. The van der Waals surface area contributed by atoms with Gasteiger partial charge in [-0.15, -0.1) is 0 Å². The summed E-state index contributed by atoms with van der Waals surface area (Å²) in [5.74, 6) is -1.88. The van der Waals surface area contributed by atoms with Gasteiger partial charge in [-0.3, -0.25) is 9.59 Å². The average Bonchev–Trinajstić information content (AvgIpc) is 2.51. The van der Waals surface area contributed by atoms with Crippen LogP contribution in [0.2, 0.25) is 10.0 Å². The summed E-state index contributed by atoms with van der Waals surface area (Å²) in [6, 6.07) is 10.5. The number of hydrogen-bond donors (Lipinski definition) is 1. The molecule has 0 aliphatic carbocycles. The Kier molecular flexibility index (Phi) is 5.96. The van der Waals surface area contributed by atoms with Crippen LogP contribution in [0.1, 0.15) is 5.56 Å². The monoisotopic (exact) mass is 355 g/mol. The van der Waals surface area contributed by atoms with Crippen LogP contribution in [-0.4, -0.2) is 18.5 Å². The molecule has 0 unspecified atom stereocenters. The minimum atomic E-state index is -0.663. The molecule has 0 bridgehead atoms. The molecule has 0 spiro atoms. The normalized spacial score (nSPS) is 10.2. The zero-order valence-corrected chi connectivity index (χ0v) is 13.3. The number of halogens is 3. The largest absolute Gasteiger partial charge is 0.455 e. The van der Waals surface area contributed by atoms with Gasteiger partial charge < -0.3 is 10.1 Å². The number of para-hydroxylation sites is 1. The maximum absolute atomic E-state index is 13.4. The molecule has 2 rings (SSSR count). The lowest BCUT2D eigenvalue weighted by molar-refractivity contribution is -0.146. The molecule has 0 fully saturated rings. The number of nitrogens with one attached hydrogen (secondary N) is 1. The van der Waals surface area contributed by atoms with E-state index in [4.69, 9.17) is 27.9 Å². The minimum Gasteiger partial charge on any atom is -0.455 e. The zero-order chi connectivity index (χ0) is 16.8. The molecule has 23 heavy (non-hydrogen) atoms. The van der Waals surface area contributed by atoms with Gasteiger partial charge in [-0.05, 0) is 24.3 Å². The summed E-state index contributed by atoms with van der Waals surface area (Å²) in [5.41, 5.74) is 0.443. The Morgan fingerprint density at radius 2 is 1.70 bits per heavy atom. The first-order valence-electron chi connectivity index (χ1n) is 6.60. The van der Waals surface area contributed by atoms with E-state index in [1.165, 1.54) is 18.2 Å². The van der Waals surface area contributed by atoms with Crippen LogP contribution in [0.5, 0.6) is 0 Å². The van der Waals surface area contributed by atoms with E-state index >= 15 is 0 Å². The van der Waals surface area contributed by atoms with Crippen molar-refractivity contribution >= 4 is 40.8 Å². The molecule has 0 atom stereocenters. The van der Waals surface area contributed by atoms with Crippen molar-refractivity contribution in [3.8, 4) is 0 Å². The Balaban J connectivity index is 1.87. The average molecular weight is 356 g/mol. The highest BCUT2D eigenvalue weighted by atomic mass is 35.5. The van der Waals surface area contributed by atoms with Crippen LogP contribution < -0.4 is 5.32 Å². The number of amides is 1. The van der Waals surface area contributed by atoms with Crippen molar-refractivity contribution in [3.05, 3.63) is 63.9 Å². The SMILES string of the molecule is O=C(COC(=O)Cc1c(Cl)cccc1Cl)Nc1ccccc1F. The molecule has 1 amide bonds. The third kappa shape index (κ3) is 4.94. The smallest absolute Gasteiger partial charge is 0.310 e. The topological polar surface area (TPSA) is 55.4 Å². The highest BCUT2D eigenvalue weighted by Crippen LogP contribution is 2.24. The van der Waals surface area contributed by atoms with Crippen LogP contribution in [-0.2, 0) is 20.7 Å². The Hall–Kier alpha value is -2.11. The maximum atomic E-state index is 13.4. The van der Waals surface area contributed by atoms with Gasteiger partial charge in [0.2, 0.25) is 0 Å². The quantitative estimate of drug-likeness (QED) is 0.828. The van der Waals surface area contributed by atoms with Crippen LogP contribution in [0.3, 0.4) is 0 Å². The number of benzene rings is 2. The second kappa shape index (κ2) is 7.94. The number of ether oxygens (including phenoxy) is 1. The van der Waals surface area contributed by atoms with Crippen molar-refractivity contribution in [3.63, 3.8) is 0 Å². The molecule has 2 aromatic rings. The number of esters is 1. The first-order chi connectivity index (χ1) is 11.0. The minimum absolute atomic E-state index is 0.0164. The van der Waals surface area contributed by atoms with Crippen molar-refractivity contribution < 1.29 is 18.7 Å². The maximum Gasteiger partial charge on any atom is 0.310 e. The fourth-order valence-electron chi connectivity index (χ4n) is 1.79. The Morgan fingerprint density at radius 1 is 1.04 bits per heavy atom. The molecule has 0 saturated heterocycles. The molecule has 0 saturated carbocycles. The summed E-state index contributed by atoms with van der Waals surface area (Å²) in [4.78, 5) is 23.4. The zero-order valence-electron chi connectivity index (χ0n) is 11.8. The summed E-state index contributed by atoms with van der Waals surface area (Å²) in [6.07, 6.45) is -0.161. The van der Waals surface area contributed by atoms with E-state index in [0.717, 1.165) is 0 Å². The van der Waals surface area contributed by atoms with Crippen LogP contribution in [0.4, 0.5) is 10.1 Å². The molecular weight excluding hydrogens is 344 g/mol. The molecule has 0 radical (unpaired) electrons. The van der Waals surface area contributed by atoms with Gasteiger partial charge in [-0.2, -0.15) is 0 Å². The Morgan fingerprint density at radius 3 is 2.35 bits per heavy atom. The van der Waals surface area contributed by atoms with E-state index in [1.807, 2.05) is 0 Å². The molecule has 0 aromatic heterocycles. The van der Waals surface area contributed by atoms with E-state index in [-0.39, 0.29) is 12.1 Å². The van der Waals surface area contributed by atoms with Crippen LogP contribution in [0.25, 0.3) is 0 Å². The van der Waals surface area contributed by atoms with Gasteiger partial charge >= 0.3 is 5.97 Å². The third-order valence-electron chi connectivity index (χ3n) is 2.89. The molecule has 0 heterocycles. The lowest BCUT2D eigenvalue weighted by Crippen LogP contribution is -2.22. The van der Waals surface area contributed by atoms with E-state index in [2.05, 4.69) is 5.32 Å². The summed E-state index contributed by atoms with van der Waals surface area (Å²) >= 11 is 11.9. The van der Waals surface area contributed by atoms with Gasteiger partial charge in [0.1, 0.15) is 5.82 Å². The Labute approximate surface area is 142 Å². The number of rotatable bonds is 5. The fourth-order valence-corrected chi connectivity index (χ4v) is 2.32. The van der Waals surface area contributed by atoms with Gasteiger partial charge in [-0.1, -0.05) is 41.4 Å². The summed E-state index contributed by atoms with van der Waals surface area (Å²) in [5, 5.41) is 2.99. The van der Waals surface area contributed by atoms with E-state index in [0.29, 0.717) is 15.6 Å². The van der Waals surface area contributed by atoms with Crippen LogP contribution in [0.15, 0.2) is 42.5 Å². The predicted molar refractivity (Wildman–Crippen MR) is 86.2 cm³/mol. The molecule has 0 aliphatic heterocycles. The van der Waals surface area contributed by atoms with Gasteiger partial charge in [0.25, 0.3) is 5.91 Å². The van der Waals surface area contributed by atoms with Gasteiger partial charge in [-0.25, -0.2) is 4.39 Å². The van der Waals surface area contributed by atoms with E-state index in [1.54, 1.807) is 24.3 Å². The molecule has 0 aliphatic rings. The predicted octanol–water partition coefficient (Wildman–Crippen LogP) is 3.86. The van der Waals surface area contributed by atoms with Crippen molar-refractivity contribution in [2.45, 2.75) is 6.42 Å². The highest BCUT2D eigenvalue weighted by Gasteiger charge is 2.14. The van der Waals surface area contributed by atoms with Crippen molar-refractivity contribution in [1.82, 2.24) is 0 Å². The summed E-state index contributed by atoms with van der Waals surface area (Å²) in [7, 11) is 0. The molecule has 2 aromatic carbocycles. The lowest BCUT2D eigenvalue weighted by atomic mass is 10.1. The van der Waals surface area contributed by atoms with Crippen molar-refractivity contribution in [1.29, 1.82) is 0 Å². The molecule has 4 nitrogen and oxygen atoms in total. The van der Waals surface area contributed by atoms with Crippen LogP contribution >= 0.6 is 23.2 Å². The summed E-state index contributed by atoms with van der Waals surface area (Å²) in [6.45, 7) is -0.533. The number of carbonyl (C=O) groups excluding carboxylic acids is 2. The van der Waals surface area contributed by atoms with Gasteiger partial charge in [0.05, 0.1) is 12.1 Å². The molecule has 1 N–H and O–H groups in total.